The third-order valence-corrected chi connectivity index (χ3v) is 3.50. The summed E-state index contributed by atoms with van der Waals surface area (Å²) in [5.74, 6) is 0.563. The van der Waals surface area contributed by atoms with Crippen LogP contribution >= 0.6 is 0 Å². The Bertz CT molecular complexity index is 695. The number of carbonyl (C=O) groups excluding carboxylic acids is 1. The maximum atomic E-state index is 11.8. The van der Waals surface area contributed by atoms with E-state index in [4.69, 9.17) is 9.47 Å². The standard InChI is InChI=1S/C19H23NO3/c1-5-22-11-16-7-6-8-17(10-16)12-23-18-9-13(2)20-14(3)19(18)15(4)21/h6-10H,5,11-12H2,1-4H3. The first-order valence-electron chi connectivity index (χ1n) is 7.78. The van der Waals surface area contributed by atoms with Crippen LogP contribution in [0.3, 0.4) is 0 Å². The Morgan fingerprint density at radius 3 is 2.48 bits per heavy atom. The lowest BCUT2D eigenvalue weighted by atomic mass is 10.1. The van der Waals surface area contributed by atoms with Gasteiger partial charge in [0.25, 0.3) is 0 Å². The third-order valence-electron chi connectivity index (χ3n) is 3.50. The van der Waals surface area contributed by atoms with Gasteiger partial charge < -0.3 is 9.47 Å². The first kappa shape index (κ1) is 17.2. The Balaban J connectivity index is 2.16. The van der Waals surface area contributed by atoms with E-state index < -0.39 is 0 Å². The molecular weight excluding hydrogens is 290 g/mol. The van der Waals surface area contributed by atoms with Crippen molar-refractivity contribution in [1.29, 1.82) is 0 Å². The molecule has 0 aliphatic carbocycles. The highest BCUT2D eigenvalue weighted by Gasteiger charge is 2.14. The lowest BCUT2D eigenvalue weighted by Crippen LogP contribution is -2.06. The zero-order chi connectivity index (χ0) is 16.8. The van der Waals surface area contributed by atoms with Gasteiger partial charge in [-0.3, -0.25) is 9.78 Å². The largest absolute Gasteiger partial charge is 0.488 e. The molecule has 122 valence electrons. The van der Waals surface area contributed by atoms with E-state index in [9.17, 15) is 4.79 Å². The summed E-state index contributed by atoms with van der Waals surface area (Å²) in [7, 11) is 0. The van der Waals surface area contributed by atoms with Crippen molar-refractivity contribution in [2.75, 3.05) is 6.61 Å². The van der Waals surface area contributed by atoms with Gasteiger partial charge in [0.1, 0.15) is 12.4 Å². The Morgan fingerprint density at radius 2 is 1.83 bits per heavy atom. The third kappa shape index (κ3) is 4.63. The number of nitrogens with zero attached hydrogens (tertiary/aromatic N) is 1. The average Bonchev–Trinajstić information content (AvgIpc) is 2.50. The van der Waals surface area contributed by atoms with Crippen molar-refractivity contribution in [3.05, 3.63) is 58.4 Å². The molecule has 0 radical (unpaired) electrons. The molecule has 0 N–H and O–H groups in total. The van der Waals surface area contributed by atoms with E-state index in [0.717, 1.165) is 16.8 Å². The zero-order valence-corrected chi connectivity index (χ0v) is 14.2. The van der Waals surface area contributed by atoms with E-state index >= 15 is 0 Å². The van der Waals surface area contributed by atoms with Gasteiger partial charge >= 0.3 is 0 Å². The lowest BCUT2D eigenvalue weighted by Gasteiger charge is -2.13. The molecule has 0 atom stereocenters. The van der Waals surface area contributed by atoms with Crippen molar-refractivity contribution >= 4 is 5.78 Å². The fourth-order valence-electron chi connectivity index (χ4n) is 2.53. The molecule has 0 amide bonds. The van der Waals surface area contributed by atoms with Gasteiger partial charge in [0.15, 0.2) is 5.78 Å². The quantitative estimate of drug-likeness (QED) is 0.724. The van der Waals surface area contributed by atoms with E-state index in [-0.39, 0.29) is 5.78 Å². The van der Waals surface area contributed by atoms with Gasteiger partial charge in [0.2, 0.25) is 0 Å². The van der Waals surface area contributed by atoms with Crippen LogP contribution in [0.15, 0.2) is 30.3 Å². The molecule has 0 fully saturated rings. The Morgan fingerprint density at radius 1 is 1.13 bits per heavy atom. The van der Waals surface area contributed by atoms with Gasteiger partial charge in [-0.1, -0.05) is 24.3 Å². The number of aromatic nitrogens is 1. The zero-order valence-electron chi connectivity index (χ0n) is 14.2. The van der Waals surface area contributed by atoms with Crippen molar-refractivity contribution < 1.29 is 14.3 Å². The second-order valence-electron chi connectivity index (χ2n) is 5.52. The average molecular weight is 313 g/mol. The molecule has 0 aliphatic heterocycles. The van der Waals surface area contributed by atoms with Gasteiger partial charge in [-0.15, -0.1) is 0 Å². The second-order valence-corrected chi connectivity index (χ2v) is 5.52. The molecule has 1 heterocycles. The topological polar surface area (TPSA) is 48.4 Å². The number of aryl methyl sites for hydroxylation is 2. The highest BCUT2D eigenvalue weighted by atomic mass is 16.5. The number of ether oxygens (including phenoxy) is 2. The highest BCUT2D eigenvalue weighted by Crippen LogP contribution is 2.24. The molecule has 0 unspecified atom stereocenters. The van der Waals surface area contributed by atoms with Gasteiger partial charge in [-0.25, -0.2) is 0 Å². The molecule has 2 aromatic rings. The normalized spacial score (nSPS) is 10.6. The Hall–Kier alpha value is -2.20. The Kier molecular flexibility index (Phi) is 5.88. The maximum Gasteiger partial charge on any atom is 0.165 e. The van der Waals surface area contributed by atoms with Gasteiger partial charge in [-0.2, -0.15) is 0 Å². The van der Waals surface area contributed by atoms with Crippen LogP contribution in [0.2, 0.25) is 0 Å². The number of pyridine rings is 1. The van der Waals surface area contributed by atoms with E-state index in [1.165, 1.54) is 6.92 Å². The van der Waals surface area contributed by atoms with E-state index in [2.05, 4.69) is 11.1 Å². The summed E-state index contributed by atoms with van der Waals surface area (Å²) >= 11 is 0. The summed E-state index contributed by atoms with van der Waals surface area (Å²) in [4.78, 5) is 16.2. The minimum atomic E-state index is -0.0323. The van der Waals surface area contributed by atoms with E-state index in [1.54, 1.807) is 0 Å². The van der Waals surface area contributed by atoms with Gasteiger partial charge in [-0.05, 0) is 38.8 Å². The molecular formula is C19H23NO3. The number of carbonyl (C=O) groups is 1. The molecule has 0 saturated carbocycles. The van der Waals surface area contributed by atoms with Gasteiger partial charge in [0, 0.05) is 18.4 Å². The smallest absolute Gasteiger partial charge is 0.165 e. The number of Topliss-reactive ketones (excluding diaryl/α,β-unsaturated/α-hetero) is 1. The molecule has 4 heteroatoms. The van der Waals surface area contributed by atoms with Crippen LogP contribution in [-0.4, -0.2) is 17.4 Å². The SMILES string of the molecule is CCOCc1cccc(COc2cc(C)nc(C)c2C(C)=O)c1. The van der Waals surface area contributed by atoms with Crippen LogP contribution in [0.1, 0.15) is 46.7 Å². The first-order valence-corrected chi connectivity index (χ1v) is 7.78. The van der Waals surface area contributed by atoms with E-state index in [1.807, 2.05) is 45.0 Å². The molecule has 1 aromatic carbocycles. The second kappa shape index (κ2) is 7.88. The highest BCUT2D eigenvalue weighted by molar-refractivity contribution is 5.97. The predicted molar refractivity (Wildman–Crippen MR) is 89.8 cm³/mol. The molecule has 2 rings (SSSR count). The maximum absolute atomic E-state index is 11.8. The minimum absolute atomic E-state index is 0.0323. The van der Waals surface area contributed by atoms with Crippen molar-refractivity contribution in [3.63, 3.8) is 0 Å². The van der Waals surface area contributed by atoms with Crippen molar-refractivity contribution in [2.45, 2.75) is 40.9 Å². The molecule has 0 aliphatic rings. The Labute approximate surface area is 137 Å². The molecule has 23 heavy (non-hydrogen) atoms. The number of ketones is 1. The van der Waals surface area contributed by atoms with Crippen LogP contribution in [0.4, 0.5) is 0 Å². The number of hydrogen-bond acceptors (Lipinski definition) is 4. The van der Waals surface area contributed by atoms with Crippen LogP contribution in [0.25, 0.3) is 0 Å². The lowest BCUT2D eigenvalue weighted by molar-refractivity contribution is 0.101. The molecule has 0 spiro atoms. The fraction of sp³-hybridized carbons (Fsp3) is 0.368. The molecule has 1 aromatic heterocycles. The van der Waals surface area contributed by atoms with Crippen LogP contribution in [0.5, 0.6) is 5.75 Å². The number of rotatable bonds is 7. The van der Waals surface area contributed by atoms with E-state index in [0.29, 0.717) is 36.8 Å². The summed E-state index contributed by atoms with van der Waals surface area (Å²) in [5, 5.41) is 0. The summed E-state index contributed by atoms with van der Waals surface area (Å²) in [6.07, 6.45) is 0. The predicted octanol–water partition coefficient (Wildman–Crippen LogP) is 4.02. The summed E-state index contributed by atoms with van der Waals surface area (Å²) in [5.41, 5.74) is 4.26. The minimum Gasteiger partial charge on any atom is -0.488 e. The van der Waals surface area contributed by atoms with Crippen molar-refractivity contribution in [3.8, 4) is 5.75 Å². The number of benzene rings is 1. The monoisotopic (exact) mass is 313 g/mol. The summed E-state index contributed by atoms with van der Waals surface area (Å²) in [6.45, 7) is 8.93. The molecule has 0 bridgehead atoms. The summed E-state index contributed by atoms with van der Waals surface area (Å²) in [6, 6.07) is 9.89. The van der Waals surface area contributed by atoms with Crippen LogP contribution in [-0.2, 0) is 18.0 Å². The molecule has 4 nitrogen and oxygen atoms in total. The van der Waals surface area contributed by atoms with Crippen LogP contribution in [0, 0.1) is 13.8 Å². The summed E-state index contributed by atoms with van der Waals surface area (Å²) < 4.78 is 11.3. The van der Waals surface area contributed by atoms with Crippen molar-refractivity contribution in [1.82, 2.24) is 4.98 Å². The fourth-order valence-corrected chi connectivity index (χ4v) is 2.53. The van der Waals surface area contributed by atoms with Gasteiger partial charge in [0.05, 0.1) is 17.9 Å². The number of hydrogen-bond donors (Lipinski definition) is 0. The van der Waals surface area contributed by atoms with Crippen LogP contribution < -0.4 is 4.74 Å². The molecule has 0 saturated heterocycles. The first-order chi connectivity index (χ1) is 11.0. The van der Waals surface area contributed by atoms with Crippen molar-refractivity contribution in [2.24, 2.45) is 0 Å².